The molecule has 0 aliphatic heterocycles. The minimum absolute atomic E-state index is 0.116. The van der Waals surface area contributed by atoms with Gasteiger partial charge in [-0.25, -0.2) is 0 Å². The van der Waals surface area contributed by atoms with E-state index in [0.717, 1.165) is 11.4 Å². The summed E-state index contributed by atoms with van der Waals surface area (Å²) < 4.78 is 0. The van der Waals surface area contributed by atoms with E-state index in [0.29, 0.717) is 0 Å². The molecule has 0 N–H and O–H groups in total. The first kappa shape index (κ1) is 30.4. The van der Waals surface area contributed by atoms with Crippen LogP contribution in [0.3, 0.4) is 0 Å². The zero-order valence-electron chi connectivity index (χ0n) is 28.9. The number of aryl methyl sites for hydroxylation is 2. The molecule has 0 radical (unpaired) electrons. The fourth-order valence-electron chi connectivity index (χ4n) is 8.35. The van der Waals surface area contributed by atoms with Crippen LogP contribution in [0.2, 0.25) is 0 Å². The standard InChI is InChI=1S/C49H41N/c1-49(2)46-20-12-11-19-43(46)45-32-44(38-24-21-37(22-25-38)40-26-23-35-15-9-10-16-39(35)31-40)48(33-47(45)49)50(41-17-7-4-8-18-41)42-29-27-36(28-30-42)34-13-5-3-6-14-34/h3-8,11-14,17-33H,9-10,15-16H2,1-2H3. The summed E-state index contributed by atoms with van der Waals surface area (Å²) >= 11 is 0. The molecular formula is C49H41N. The van der Waals surface area contributed by atoms with Crippen molar-refractivity contribution in [3.05, 3.63) is 186 Å². The maximum atomic E-state index is 2.47. The number of anilines is 3. The van der Waals surface area contributed by atoms with E-state index in [1.165, 1.54) is 98.1 Å². The van der Waals surface area contributed by atoms with Gasteiger partial charge in [-0.2, -0.15) is 0 Å². The van der Waals surface area contributed by atoms with Crippen molar-refractivity contribution in [1.29, 1.82) is 0 Å². The number of nitrogens with zero attached hydrogens (tertiary/aromatic N) is 1. The van der Waals surface area contributed by atoms with Crippen LogP contribution in [0.1, 0.15) is 48.9 Å². The van der Waals surface area contributed by atoms with Gasteiger partial charge in [-0.3, -0.25) is 0 Å². The Morgan fingerprint density at radius 2 is 0.960 bits per heavy atom. The monoisotopic (exact) mass is 643 g/mol. The Morgan fingerprint density at radius 1 is 0.400 bits per heavy atom. The number of hydrogen-bond donors (Lipinski definition) is 0. The molecule has 0 fully saturated rings. The van der Waals surface area contributed by atoms with E-state index in [1.807, 2.05) is 0 Å². The SMILES string of the molecule is CC1(C)c2ccccc2-c2cc(-c3ccc(-c4ccc5c(c4)CCCC5)cc3)c(N(c3ccccc3)c3ccc(-c4ccccc4)cc3)cc21. The lowest BCUT2D eigenvalue weighted by Crippen LogP contribution is -2.17. The van der Waals surface area contributed by atoms with Gasteiger partial charge >= 0.3 is 0 Å². The Balaban J connectivity index is 1.22. The maximum Gasteiger partial charge on any atom is 0.0543 e. The summed E-state index contributed by atoms with van der Waals surface area (Å²) in [5, 5.41) is 0. The van der Waals surface area contributed by atoms with Gasteiger partial charge < -0.3 is 4.90 Å². The molecule has 7 aromatic rings. The van der Waals surface area contributed by atoms with Crippen LogP contribution in [0.15, 0.2) is 164 Å². The van der Waals surface area contributed by atoms with Crippen LogP contribution in [0, 0.1) is 0 Å². The van der Waals surface area contributed by atoms with Crippen molar-refractivity contribution < 1.29 is 0 Å². The van der Waals surface area contributed by atoms with Crippen LogP contribution in [-0.4, -0.2) is 0 Å². The molecule has 9 rings (SSSR count). The highest BCUT2D eigenvalue weighted by Crippen LogP contribution is 2.53. The Morgan fingerprint density at radius 3 is 1.72 bits per heavy atom. The number of benzene rings is 7. The van der Waals surface area contributed by atoms with Crippen LogP contribution in [0.4, 0.5) is 17.1 Å². The highest BCUT2D eigenvalue weighted by Gasteiger charge is 2.37. The summed E-state index contributed by atoms with van der Waals surface area (Å²) in [6, 6.07) is 60.8. The van der Waals surface area contributed by atoms with Gasteiger partial charge in [-0.05, 0) is 123 Å². The van der Waals surface area contributed by atoms with Crippen molar-refractivity contribution in [2.75, 3.05) is 4.90 Å². The van der Waals surface area contributed by atoms with Gasteiger partial charge in [-0.1, -0.05) is 141 Å². The van der Waals surface area contributed by atoms with Crippen molar-refractivity contribution in [2.45, 2.75) is 44.9 Å². The smallest absolute Gasteiger partial charge is 0.0543 e. The maximum absolute atomic E-state index is 2.47. The topological polar surface area (TPSA) is 3.24 Å². The van der Waals surface area contributed by atoms with E-state index in [-0.39, 0.29) is 5.41 Å². The van der Waals surface area contributed by atoms with Crippen LogP contribution in [-0.2, 0) is 18.3 Å². The van der Waals surface area contributed by atoms with Gasteiger partial charge in [0.2, 0.25) is 0 Å². The number of hydrogen-bond acceptors (Lipinski definition) is 1. The van der Waals surface area contributed by atoms with Crippen LogP contribution in [0.5, 0.6) is 0 Å². The van der Waals surface area contributed by atoms with Gasteiger partial charge in [0, 0.05) is 22.4 Å². The van der Waals surface area contributed by atoms with Crippen molar-refractivity contribution in [1.82, 2.24) is 0 Å². The molecule has 1 nitrogen and oxygen atoms in total. The largest absolute Gasteiger partial charge is 0.310 e. The average Bonchev–Trinajstić information content (AvgIpc) is 3.41. The Labute approximate surface area is 296 Å². The number of fused-ring (bicyclic) bond motifs is 4. The lowest BCUT2D eigenvalue weighted by atomic mass is 9.81. The fraction of sp³-hybridized carbons (Fsp3) is 0.143. The van der Waals surface area contributed by atoms with Gasteiger partial charge in [0.1, 0.15) is 0 Å². The minimum Gasteiger partial charge on any atom is -0.310 e. The normalized spacial score (nSPS) is 14.0. The molecule has 0 amide bonds. The number of para-hydroxylation sites is 1. The molecule has 2 aliphatic carbocycles. The van der Waals surface area contributed by atoms with E-state index >= 15 is 0 Å². The predicted octanol–water partition coefficient (Wildman–Crippen LogP) is 13.3. The first-order valence-electron chi connectivity index (χ1n) is 18.1. The van der Waals surface area contributed by atoms with Crippen LogP contribution in [0.25, 0.3) is 44.5 Å². The molecule has 0 unspecified atom stereocenters. The van der Waals surface area contributed by atoms with E-state index in [2.05, 4.69) is 183 Å². The summed E-state index contributed by atoms with van der Waals surface area (Å²) in [6.07, 6.45) is 5.01. The zero-order chi connectivity index (χ0) is 33.7. The lowest BCUT2D eigenvalue weighted by molar-refractivity contribution is 0.660. The van der Waals surface area contributed by atoms with Gasteiger partial charge in [-0.15, -0.1) is 0 Å². The first-order valence-corrected chi connectivity index (χ1v) is 18.1. The third-order valence-electron chi connectivity index (χ3n) is 11.1. The van der Waals surface area contributed by atoms with Crippen molar-refractivity contribution >= 4 is 17.1 Å². The van der Waals surface area contributed by atoms with Gasteiger partial charge in [0.25, 0.3) is 0 Å². The Bertz CT molecular complexity index is 2310. The highest BCUT2D eigenvalue weighted by molar-refractivity contribution is 5.95. The van der Waals surface area contributed by atoms with E-state index in [1.54, 1.807) is 0 Å². The molecule has 50 heavy (non-hydrogen) atoms. The summed E-state index contributed by atoms with van der Waals surface area (Å²) in [5.41, 5.74) is 19.3. The van der Waals surface area contributed by atoms with Crippen molar-refractivity contribution in [3.63, 3.8) is 0 Å². The lowest BCUT2D eigenvalue weighted by Gasteiger charge is -2.30. The molecule has 7 aromatic carbocycles. The van der Waals surface area contributed by atoms with E-state index in [9.17, 15) is 0 Å². The van der Waals surface area contributed by atoms with Crippen molar-refractivity contribution in [2.24, 2.45) is 0 Å². The summed E-state index contributed by atoms with van der Waals surface area (Å²) in [4.78, 5) is 2.45. The fourth-order valence-corrected chi connectivity index (χ4v) is 8.35. The molecule has 2 aliphatic rings. The quantitative estimate of drug-likeness (QED) is 0.174. The van der Waals surface area contributed by atoms with Crippen LogP contribution < -0.4 is 4.90 Å². The second kappa shape index (κ2) is 12.3. The molecule has 0 spiro atoms. The van der Waals surface area contributed by atoms with Gasteiger partial charge in [0.05, 0.1) is 5.69 Å². The van der Waals surface area contributed by atoms with Crippen LogP contribution >= 0.6 is 0 Å². The molecule has 0 aromatic heterocycles. The molecule has 1 heteroatoms. The number of rotatable bonds is 6. The van der Waals surface area contributed by atoms with Gasteiger partial charge in [0.15, 0.2) is 0 Å². The molecule has 0 saturated heterocycles. The highest BCUT2D eigenvalue weighted by atomic mass is 15.1. The zero-order valence-corrected chi connectivity index (χ0v) is 28.9. The molecule has 0 heterocycles. The van der Waals surface area contributed by atoms with E-state index in [4.69, 9.17) is 0 Å². The minimum atomic E-state index is -0.116. The second-order valence-electron chi connectivity index (χ2n) is 14.4. The Hall–Kier alpha value is -5.66. The first-order chi connectivity index (χ1) is 24.5. The Kier molecular flexibility index (Phi) is 7.50. The summed E-state index contributed by atoms with van der Waals surface area (Å²) in [6.45, 7) is 4.74. The molecular weight excluding hydrogens is 603 g/mol. The van der Waals surface area contributed by atoms with Crippen molar-refractivity contribution in [3.8, 4) is 44.5 Å². The molecule has 0 bridgehead atoms. The third kappa shape index (κ3) is 5.26. The molecule has 0 saturated carbocycles. The third-order valence-corrected chi connectivity index (χ3v) is 11.1. The average molecular weight is 644 g/mol. The predicted molar refractivity (Wildman–Crippen MR) is 212 cm³/mol. The second-order valence-corrected chi connectivity index (χ2v) is 14.4. The van der Waals surface area contributed by atoms with E-state index < -0.39 is 0 Å². The summed E-state index contributed by atoms with van der Waals surface area (Å²) in [7, 11) is 0. The molecule has 242 valence electrons. The molecule has 0 atom stereocenters. The summed E-state index contributed by atoms with van der Waals surface area (Å²) in [5.74, 6) is 0.